The van der Waals surface area contributed by atoms with Gasteiger partial charge in [0.1, 0.15) is 11.6 Å². The van der Waals surface area contributed by atoms with Crippen LogP contribution in [0.3, 0.4) is 0 Å². The molecule has 0 fully saturated rings. The molecule has 0 spiro atoms. The fourth-order valence-corrected chi connectivity index (χ4v) is 1.21. The second-order valence-electron chi connectivity index (χ2n) is 5.68. The standard InChI is InChI=1S/4C5H8O2/c4*1-4(6)3-5(2)7/h3H2,1-2H3;3*3,6H,1-2H3/p-3/b;2*4-3+;. The van der Waals surface area contributed by atoms with Gasteiger partial charge in [0.05, 0.1) is 6.42 Å². The molecule has 0 aromatic carbocycles. The van der Waals surface area contributed by atoms with Gasteiger partial charge in [0.15, 0.2) is 17.3 Å². The van der Waals surface area contributed by atoms with Crippen molar-refractivity contribution in [3.8, 4) is 0 Å². The second-order valence-corrected chi connectivity index (χ2v) is 5.68. The van der Waals surface area contributed by atoms with Gasteiger partial charge in [0, 0.05) is 0 Å². The number of carbonyl (C=O) groups is 5. The van der Waals surface area contributed by atoms with Crippen molar-refractivity contribution in [1.29, 1.82) is 0 Å². The molecule has 0 aromatic rings. The van der Waals surface area contributed by atoms with Crippen molar-refractivity contribution in [3.05, 3.63) is 35.5 Å². The highest BCUT2D eigenvalue weighted by Crippen LogP contribution is 1.80. The molecule has 0 saturated carbocycles. The van der Waals surface area contributed by atoms with Crippen LogP contribution in [0.1, 0.15) is 61.8 Å². The summed E-state index contributed by atoms with van der Waals surface area (Å²) in [5.41, 5.74) is 0. The van der Waals surface area contributed by atoms with E-state index in [1.807, 2.05) is 0 Å². The fourth-order valence-electron chi connectivity index (χ4n) is 1.21. The molecular formula is C20H29O8-3. The predicted octanol–water partition coefficient (Wildman–Crippen LogP) is 0.0730. The lowest BCUT2D eigenvalue weighted by molar-refractivity contribution is -0.302. The van der Waals surface area contributed by atoms with Gasteiger partial charge in [-0.15, -0.1) is 17.3 Å². The van der Waals surface area contributed by atoms with E-state index in [0.717, 1.165) is 18.2 Å². The van der Waals surface area contributed by atoms with Crippen molar-refractivity contribution in [2.45, 2.75) is 61.8 Å². The first-order valence-corrected chi connectivity index (χ1v) is 8.07. The normalized spacial score (nSPS) is 10.6. The molecule has 0 unspecified atom stereocenters. The van der Waals surface area contributed by atoms with Crippen molar-refractivity contribution >= 4 is 28.9 Å². The Labute approximate surface area is 166 Å². The van der Waals surface area contributed by atoms with Gasteiger partial charge in [-0.1, -0.05) is 20.8 Å². The maximum absolute atomic E-state index is 10.0. The summed E-state index contributed by atoms with van der Waals surface area (Å²) in [6.45, 7) is 10.9. The summed E-state index contributed by atoms with van der Waals surface area (Å²) in [5.74, 6) is -1.25. The number of hydrogen-bond acceptors (Lipinski definition) is 8. The molecule has 0 bridgehead atoms. The first-order chi connectivity index (χ1) is 12.5. The van der Waals surface area contributed by atoms with Crippen LogP contribution < -0.4 is 15.3 Å². The lowest BCUT2D eigenvalue weighted by Gasteiger charge is -1.98. The van der Waals surface area contributed by atoms with Crippen LogP contribution in [0.4, 0.5) is 0 Å². The van der Waals surface area contributed by atoms with Crippen LogP contribution in [0.15, 0.2) is 35.5 Å². The van der Waals surface area contributed by atoms with Crippen molar-refractivity contribution < 1.29 is 39.3 Å². The second kappa shape index (κ2) is 20.3. The molecule has 28 heavy (non-hydrogen) atoms. The molecule has 160 valence electrons. The van der Waals surface area contributed by atoms with E-state index < -0.39 is 0 Å². The lowest BCUT2D eigenvalue weighted by Crippen LogP contribution is -1.99. The van der Waals surface area contributed by atoms with E-state index in [1.165, 1.54) is 55.4 Å². The first kappa shape index (κ1) is 32.6. The average molecular weight is 397 g/mol. The molecule has 0 saturated heterocycles. The number of rotatable bonds is 5. The van der Waals surface area contributed by atoms with Crippen molar-refractivity contribution in [1.82, 2.24) is 0 Å². The van der Waals surface area contributed by atoms with Crippen LogP contribution in [0.2, 0.25) is 0 Å². The number of hydrogen-bond donors (Lipinski definition) is 0. The van der Waals surface area contributed by atoms with Gasteiger partial charge >= 0.3 is 0 Å². The third-order valence-electron chi connectivity index (χ3n) is 1.72. The Morgan fingerprint density at radius 3 is 0.679 bits per heavy atom. The van der Waals surface area contributed by atoms with Crippen LogP contribution >= 0.6 is 0 Å². The summed E-state index contributed by atoms with van der Waals surface area (Å²) in [6, 6.07) is 0. The van der Waals surface area contributed by atoms with Gasteiger partial charge in [0.25, 0.3) is 0 Å². The zero-order valence-electron chi connectivity index (χ0n) is 17.7. The summed E-state index contributed by atoms with van der Waals surface area (Å²) in [4.78, 5) is 50.0. The SMILES string of the molecule is CC(=O)/C=C(\C)[O-].CC(=O)/C=C(\C)[O-].CC(=O)C=C(C)[O-].CC(=O)CC(C)=O. The third-order valence-corrected chi connectivity index (χ3v) is 1.72. The van der Waals surface area contributed by atoms with E-state index in [0.29, 0.717) is 0 Å². The zero-order valence-corrected chi connectivity index (χ0v) is 17.7. The van der Waals surface area contributed by atoms with E-state index in [-0.39, 0.29) is 52.6 Å². The Morgan fingerprint density at radius 1 is 0.500 bits per heavy atom. The summed E-state index contributed by atoms with van der Waals surface area (Å²) in [6.07, 6.45) is 3.25. The maximum atomic E-state index is 10.0. The Kier molecular flexibility index (Phi) is 23.6. The smallest absolute Gasteiger partial charge is 0.151 e. The summed E-state index contributed by atoms with van der Waals surface area (Å²) in [7, 11) is 0. The van der Waals surface area contributed by atoms with Gasteiger partial charge in [0.2, 0.25) is 0 Å². The van der Waals surface area contributed by atoms with Gasteiger partial charge in [-0.25, -0.2) is 0 Å². The monoisotopic (exact) mass is 397 g/mol. The quantitative estimate of drug-likeness (QED) is 0.358. The Hall–Kier alpha value is -3.03. The van der Waals surface area contributed by atoms with Crippen LogP contribution in [0.25, 0.3) is 0 Å². The average Bonchev–Trinajstić information content (AvgIpc) is 2.32. The molecule has 0 radical (unpaired) electrons. The molecule has 0 atom stereocenters. The lowest BCUT2D eigenvalue weighted by atomic mass is 10.2. The Bertz CT molecular complexity index is 532. The highest BCUT2D eigenvalue weighted by molar-refractivity contribution is 5.96. The van der Waals surface area contributed by atoms with Gasteiger partial charge in [-0.3, -0.25) is 24.0 Å². The largest absolute Gasteiger partial charge is 0.876 e. The number of ketones is 5. The van der Waals surface area contributed by atoms with Crippen LogP contribution in [0, 0.1) is 0 Å². The summed E-state index contributed by atoms with van der Waals surface area (Å²) < 4.78 is 0. The van der Waals surface area contributed by atoms with Crippen molar-refractivity contribution in [2.24, 2.45) is 0 Å². The van der Waals surface area contributed by atoms with E-state index in [1.54, 1.807) is 0 Å². The maximum Gasteiger partial charge on any atom is 0.151 e. The summed E-state index contributed by atoms with van der Waals surface area (Å²) in [5, 5.41) is 29.9. The Balaban J connectivity index is -0.000000137. The number of carbonyl (C=O) groups excluding carboxylic acids is 5. The Morgan fingerprint density at radius 2 is 0.679 bits per heavy atom. The van der Waals surface area contributed by atoms with Gasteiger partial charge < -0.3 is 15.3 Å². The van der Waals surface area contributed by atoms with Crippen molar-refractivity contribution in [2.75, 3.05) is 0 Å². The third kappa shape index (κ3) is 65.9. The number of allylic oxidation sites excluding steroid dienone is 6. The first-order valence-electron chi connectivity index (χ1n) is 8.07. The molecule has 0 aliphatic carbocycles. The molecule has 0 N–H and O–H groups in total. The molecular weight excluding hydrogens is 368 g/mol. The van der Waals surface area contributed by atoms with Crippen LogP contribution in [-0.4, -0.2) is 28.9 Å². The molecule has 8 nitrogen and oxygen atoms in total. The van der Waals surface area contributed by atoms with E-state index in [9.17, 15) is 39.3 Å². The molecule has 0 aromatic heterocycles. The topological polar surface area (TPSA) is 155 Å². The minimum atomic E-state index is -0.187. The molecule has 0 aliphatic rings. The molecule has 0 amide bonds. The van der Waals surface area contributed by atoms with Gasteiger partial charge in [-0.05, 0) is 52.8 Å². The summed E-state index contributed by atoms with van der Waals surface area (Å²) >= 11 is 0. The highest BCUT2D eigenvalue weighted by atomic mass is 16.3. The minimum absolute atomic E-state index is 0.0625. The van der Waals surface area contributed by atoms with E-state index in [4.69, 9.17) is 0 Å². The number of Topliss-reactive ketones (excluding diaryl/α,β-unsaturated/α-hetero) is 2. The van der Waals surface area contributed by atoms with Crippen LogP contribution in [-0.2, 0) is 24.0 Å². The van der Waals surface area contributed by atoms with Crippen LogP contribution in [0.5, 0.6) is 0 Å². The van der Waals surface area contributed by atoms with Crippen molar-refractivity contribution in [3.63, 3.8) is 0 Å². The minimum Gasteiger partial charge on any atom is -0.876 e. The van der Waals surface area contributed by atoms with Gasteiger partial charge in [-0.2, -0.15) is 0 Å². The molecule has 0 heterocycles. The fraction of sp³-hybridized carbons (Fsp3) is 0.450. The zero-order chi connectivity index (χ0) is 23.4. The molecule has 8 heteroatoms. The molecule has 0 rings (SSSR count). The molecule has 0 aliphatic heterocycles. The highest BCUT2D eigenvalue weighted by Gasteiger charge is 1.94. The van der Waals surface area contributed by atoms with E-state index in [2.05, 4.69) is 0 Å². The van der Waals surface area contributed by atoms with E-state index >= 15 is 0 Å². The predicted molar refractivity (Wildman–Crippen MR) is 99.3 cm³/mol.